The van der Waals surface area contributed by atoms with E-state index in [2.05, 4.69) is 15.6 Å². The molecule has 11 heteroatoms. The van der Waals surface area contributed by atoms with E-state index in [0.717, 1.165) is 12.0 Å². The summed E-state index contributed by atoms with van der Waals surface area (Å²) in [6, 6.07) is 8.34. The van der Waals surface area contributed by atoms with E-state index in [4.69, 9.17) is 24.7 Å². The predicted molar refractivity (Wildman–Crippen MR) is 136 cm³/mol. The van der Waals surface area contributed by atoms with Gasteiger partial charge >= 0.3 is 0 Å². The minimum absolute atomic E-state index is 0. The Bertz CT molecular complexity index is 1130. The van der Waals surface area contributed by atoms with Crippen LogP contribution in [0.1, 0.15) is 20.3 Å². The topological polar surface area (TPSA) is 123 Å². The molecule has 0 aliphatic rings. The number of anilines is 1. The van der Waals surface area contributed by atoms with Gasteiger partial charge in [-0.15, -0.1) is 17.5 Å². The number of nitrogens with one attached hydrogen (secondary N) is 1. The third-order valence-electron chi connectivity index (χ3n) is 5.76. The van der Waals surface area contributed by atoms with Crippen LogP contribution in [0.25, 0.3) is 16.9 Å². The van der Waals surface area contributed by atoms with Crippen molar-refractivity contribution in [2.75, 3.05) is 33.8 Å². The molecule has 0 radical (unpaired) electrons. The van der Waals surface area contributed by atoms with Crippen LogP contribution >= 0.6 is 12.4 Å². The standard InChI is InChI=1S/C24H31N5O5.ClH/c1-7-14(2)22(25)24(30)27-17-10-15(8-9-19(17)31-3)18-13-26-28-29(18)16-11-20(32-4)23(34-6)21(12-16)33-5;/h8-14,22H,7,25H2,1-6H3,(H,27,30);1H. The maximum atomic E-state index is 12.7. The molecule has 0 bridgehead atoms. The zero-order valence-electron chi connectivity index (χ0n) is 20.7. The summed E-state index contributed by atoms with van der Waals surface area (Å²) >= 11 is 0. The van der Waals surface area contributed by atoms with E-state index in [1.54, 1.807) is 63.6 Å². The number of amides is 1. The number of benzene rings is 2. The quantitative estimate of drug-likeness (QED) is 0.427. The first-order valence-electron chi connectivity index (χ1n) is 10.8. The van der Waals surface area contributed by atoms with Crippen LogP contribution in [-0.2, 0) is 4.79 Å². The summed E-state index contributed by atoms with van der Waals surface area (Å²) in [6.07, 6.45) is 2.42. The number of hydrogen-bond donors (Lipinski definition) is 2. The molecule has 3 rings (SSSR count). The Labute approximate surface area is 211 Å². The molecule has 0 saturated carbocycles. The second kappa shape index (κ2) is 12.3. The van der Waals surface area contributed by atoms with E-state index in [0.29, 0.717) is 40.1 Å². The van der Waals surface area contributed by atoms with Gasteiger partial charge in [-0.1, -0.05) is 25.5 Å². The molecule has 2 aromatic carbocycles. The predicted octanol–water partition coefficient (Wildman–Crippen LogP) is 3.70. The minimum atomic E-state index is -0.634. The second-order valence-electron chi connectivity index (χ2n) is 7.73. The van der Waals surface area contributed by atoms with Crippen molar-refractivity contribution in [3.63, 3.8) is 0 Å². The monoisotopic (exact) mass is 505 g/mol. The average molecular weight is 506 g/mol. The lowest BCUT2D eigenvalue weighted by molar-refractivity contribution is -0.118. The van der Waals surface area contributed by atoms with Crippen molar-refractivity contribution in [3.8, 4) is 39.9 Å². The molecule has 0 fully saturated rings. The van der Waals surface area contributed by atoms with Crippen molar-refractivity contribution in [1.82, 2.24) is 15.0 Å². The Kier molecular flexibility index (Phi) is 9.73. The lowest BCUT2D eigenvalue weighted by Gasteiger charge is -2.19. The fourth-order valence-corrected chi connectivity index (χ4v) is 3.51. The molecule has 0 aliphatic carbocycles. The van der Waals surface area contributed by atoms with Crippen molar-refractivity contribution in [3.05, 3.63) is 36.5 Å². The highest BCUT2D eigenvalue weighted by Gasteiger charge is 2.22. The lowest BCUT2D eigenvalue weighted by Crippen LogP contribution is -2.40. The summed E-state index contributed by atoms with van der Waals surface area (Å²) in [4.78, 5) is 12.7. The fraction of sp³-hybridized carbons (Fsp3) is 0.375. The van der Waals surface area contributed by atoms with Crippen LogP contribution in [0.3, 0.4) is 0 Å². The molecule has 1 amide bonds. The number of methoxy groups -OCH3 is 4. The van der Waals surface area contributed by atoms with Gasteiger partial charge in [-0.25, -0.2) is 4.68 Å². The number of halogens is 1. The fourth-order valence-electron chi connectivity index (χ4n) is 3.51. The number of hydrogen-bond acceptors (Lipinski definition) is 8. The van der Waals surface area contributed by atoms with Crippen LogP contribution in [-0.4, -0.2) is 55.4 Å². The molecule has 190 valence electrons. The molecule has 1 aromatic heterocycles. The summed E-state index contributed by atoms with van der Waals surface area (Å²) < 4.78 is 23.4. The van der Waals surface area contributed by atoms with Crippen molar-refractivity contribution < 1.29 is 23.7 Å². The Balaban J connectivity index is 0.00000432. The highest BCUT2D eigenvalue weighted by molar-refractivity contribution is 5.96. The molecule has 10 nitrogen and oxygen atoms in total. The SMILES string of the molecule is CCC(C)C(N)C(=O)Nc1cc(-c2cnnn2-c2cc(OC)c(OC)c(OC)c2)ccc1OC.Cl. The highest BCUT2D eigenvalue weighted by atomic mass is 35.5. The molecule has 3 aromatic rings. The van der Waals surface area contributed by atoms with Gasteiger partial charge in [-0.3, -0.25) is 4.79 Å². The van der Waals surface area contributed by atoms with Gasteiger partial charge in [0, 0.05) is 17.7 Å². The number of carbonyl (C=O) groups excluding carboxylic acids is 1. The average Bonchev–Trinajstić information content (AvgIpc) is 3.36. The van der Waals surface area contributed by atoms with E-state index >= 15 is 0 Å². The van der Waals surface area contributed by atoms with Crippen LogP contribution in [0, 0.1) is 5.92 Å². The van der Waals surface area contributed by atoms with E-state index in [-0.39, 0.29) is 24.2 Å². The van der Waals surface area contributed by atoms with Gasteiger partial charge in [0.05, 0.1) is 57.7 Å². The van der Waals surface area contributed by atoms with Gasteiger partial charge in [0.15, 0.2) is 11.5 Å². The van der Waals surface area contributed by atoms with Crippen molar-refractivity contribution in [2.24, 2.45) is 11.7 Å². The number of ether oxygens (including phenoxy) is 4. The molecule has 0 saturated heterocycles. The summed E-state index contributed by atoms with van der Waals surface area (Å²) in [6.45, 7) is 3.94. The molecular weight excluding hydrogens is 474 g/mol. The minimum Gasteiger partial charge on any atom is -0.495 e. The Morgan fingerprint density at radius 3 is 2.20 bits per heavy atom. The molecular formula is C24H32ClN5O5. The molecule has 0 spiro atoms. The van der Waals surface area contributed by atoms with Crippen LogP contribution < -0.4 is 30.0 Å². The number of nitrogens with two attached hydrogens (primary N) is 1. The van der Waals surface area contributed by atoms with E-state index in [9.17, 15) is 4.79 Å². The lowest BCUT2D eigenvalue weighted by atomic mass is 9.99. The molecule has 2 unspecified atom stereocenters. The zero-order chi connectivity index (χ0) is 24.8. The summed E-state index contributed by atoms with van der Waals surface area (Å²) in [5.41, 5.74) is 8.70. The molecule has 3 N–H and O–H groups in total. The van der Waals surface area contributed by atoms with E-state index < -0.39 is 6.04 Å². The first-order valence-corrected chi connectivity index (χ1v) is 10.8. The number of aromatic nitrogens is 3. The van der Waals surface area contributed by atoms with E-state index in [1.807, 2.05) is 19.9 Å². The Morgan fingerprint density at radius 2 is 1.66 bits per heavy atom. The first-order chi connectivity index (χ1) is 16.4. The molecule has 2 atom stereocenters. The normalized spacial score (nSPS) is 12.2. The van der Waals surface area contributed by atoms with Crippen LogP contribution in [0.5, 0.6) is 23.0 Å². The number of carbonyl (C=O) groups is 1. The maximum absolute atomic E-state index is 12.7. The van der Waals surface area contributed by atoms with Gasteiger partial charge < -0.3 is 30.0 Å². The molecule has 35 heavy (non-hydrogen) atoms. The summed E-state index contributed by atoms with van der Waals surface area (Å²) in [5, 5.41) is 11.2. The summed E-state index contributed by atoms with van der Waals surface area (Å²) in [5.74, 6) is 1.73. The van der Waals surface area contributed by atoms with Crippen molar-refractivity contribution in [2.45, 2.75) is 26.3 Å². The van der Waals surface area contributed by atoms with Crippen molar-refractivity contribution in [1.29, 1.82) is 0 Å². The van der Waals surface area contributed by atoms with Crippen LogP contribution in [0.4, 0.5) is 5.69 Å². The van der Waals surface area contributed by atoms with E-state index in [1.165, 1.54) is 0 Å². The highest BCUT2D eigenvalue weighted by Crippen LogP contribution is 2.40. The van der Waals surface area contributed by atoms with Crippen molar-refractivity contribution >= 4 is 24.0 Å². The van der Waals surface area contributed by atoms with Crippen LogP contribution in [0.15, 0.2) is 36.5 Å². The third kappa shape index (κ3) is 5.77. The van der Waals surface area contributed by atoms with Gasteiger partial charge in [-0.05, 0) is 24.1 Å². The Morgan fingerprint density at radius 1 is 1.03 bits per heavy atom. The first kappa shape index (κ1) is 27.7. The van der Waals surface area contributed by atoms with Gasteiger partial charge in [0.25, 0.3) is 0 Å². The second-order valence-corrected chi connectivity index (χ2v) is 7.73. The molecule has 0 aliphatic heterocycles. The largest absolute Gasteiger partial charge is 0.495 e. The number of nitrogens with zero attached hydrogens (tertiary/aromatic N) is 3. The zero-order valence-corrected chi connectivity index (χ0v) is 21.5. The van der Waals surface area contributed by atoms with Gasteiger partial charge in [0.1, 0.15) is 5.75 Å². The molecule has 1 heterocycles. The maximum Gasteiger partial charge on any atom is 0.241 e. The summed E-state index contributed by atoms with van der Waals surface area (Å²) in [7, 11) is 6.18. The van der Waals surface area contributed by atoms with Gasteiger partial charge in [-0.2, -0.15) is 0 Å². The third-order valence-corrected chi connectivity index (χ3v) is 5.76. The number of rotatable bonds is 10. The smallest absolute Gasteiger partial charge is 0.241 e. The van der Waals surface area contributed by atoms with Crippen LogP contribution in [0.2, 0.25) is 0 Å². The Hall–Kier alpha value is -3.50. The van der Waals surface area contributed by atoms with Gasteiger partial charge in [0.2, 0.25) is 11.7 Å².